The molecule has 1 saturated carbocycles. The molecule has 1 N–H and O–H groups in total. The number of cyclic esters (lactones) is 1. The number of pyridine rings is 1. The van der Waals surface area contributed by atoms with Gasteiger partial charge >= 0.3 is 6.09 Å². The van der Waals surface area contributed by atoms with Crippen molar-refractivity contribution in [2.24, 2.45) is 0 Å². The van der Waals surface area contributed by atoms with E-state index < -0.39 is 8.32 Å². The van der Waals surface area contributed by atoms with Crippen LogP contribution >= 0.6 is 0 Å². The summed E-state index contributed by atoms with van der Waals surface area (Å²) in [5, 5.41) is 3.82. The number of ether oxygens (including phenoxy) is 1. The van der Waals surface area contributed by atoms with Crippen molar-refractivity contribution in [2.45, 2.75) is 76.2 Å². The van der Waals surface area contributed by atoms with E-state index in [0.29, 0.717) is 19.1 Å². The zero-order valence-corrected chi connectivity index (χ0v) is 20.3. The number of nitrogens with zero attached hydrogens (tertiary/aromatic N) is 3. The summed E-state index contributed by atoms with van der Waals surface area (Å²) in [6.45, 7) is 13.3. The Labute approximate surface area is 185 Å². The second-order valence-electron chi connectivity index (χ2n) is 10.8. The van der Waals surface area contributed by atoms with Crippen LogP contribution in [0.1, 0.15) is 63.3 Å². The van der Waals surface area contributed by atoms with Gasteiger partial charge in [0, 0.05) is 18.9 Å². The molecule has 8 heteroatoms. The maximum Gasteiger partial charge on any atom is 0.414 e. The first kappa shape index (κ1) is 21.0. The van der Waals surface area contributed by atoms with Gasteiger partial charge in [0.25, 0.3) is 0 Å². The van der Waals surface area contributed by atoms with Crippen molar-refractivity contribution in [3.05, 3.63) is 29.7 Å². The Morgan fingerprint density at radius 2 is 2.03 bits per heavy atom. The van der Waals surface area contributed by atoms with Gasteiger partial charge in [0.1, 0.15) is 6.61 Å². The van der Waals surface area contributed by atoms with E-state index in [1.54, 1.807) is 4.90 Å². The lowest BCUT2D eigenvalue weighted by Gasteiger charge is -2.38. The minimum absolute atomic E-state index is 0.164. The van der Waals surface area contributed by atoms with Crippen LogP contribution in [-0.2, 0) is 9.16 Å². The Kier molecular flexibility index (Phi) is 4.95. The summed E-state index contributed by atoms with van der Waals surface area (Å²) < 4.78 is 13.9. The Bertz CT molecular complexity index is 1010. The van der Waals surface area contributed by atoms with E-state index in [1.165, 1.54) is 18.4 Å². The van der Waals surface area contributed by atoms with Crippen LogP contribution in [0.5, 0.6) is 0 Å². The molecule has 0 bridgehead atoms. The van der Waals surface area contributed by atoms with E-state index in [2.05, 4.69) is 62.0 Å². The van der Waals surface area contributed by atoms with E-state index in [-0.39, 0.29) is 23.3 Å². The van der Waals surface area contributed by atoms with E-state index >= 15 is 0 Å². The number of nitrogens with one attached hydrogen (secondary N) is 1. The van der Waals surface area contributed by atoms with E-state index in [4.69, 9.17) is 14.1 Å². The Hall–Kier alpha value is -1.90. The quantitative estimate of drug-likeness (QED) is 0.686. The van der Waals surface area contributed by atoms with Crippen molar-refractivity contribution in [2.75, 3.05) is 24.6 Å². The highest BCUT2D eigenvalue weighted by molar-refractivity contribution is 6.74. The molecule has 1 aliphatic carbocycles. The van der Waals surface area contributed by atoms with Gasteiger partial charge in [-0.05, 0) is 54.9 Å². The first-order valence-electron chi connectivity index (χ1n) is 11.5. The van der Waals surface area contributed by atoms with Gasteiger partial charge in [-0.25, -0.2) is 9.78 Å². The largest absolute Gasteiger partial charge is 0.447 e. The highest BCUT2D eigenvalue weighted by Crippen LogP contribution is 2.43. The molecule has 2 atom stereocenters. The summed E-state index contributed by atoms with van der Waals surface area (Å²) in [6, 6.07) is 2.30. The highest BCUT2D eigenvalue weighted by Gasteiger charge is 2.41. The summed E-state index contributed by atoms with van der Waals surface area (Å²) in [5.74, 6) is 0.597. The van der Waals surface area contributed by atoms with Crippen LogP contribution in [0, 0.1) is 0 Å². The first-order valence-corrected chi connectivity index (χ1v) is 14.4. The predicted octanol–water partition coefficient (Wildman–Crippen LogP) is 4.59. The molecule has 3 aliphatic rings. The Balaban J connectivity index is 1.42. The molecule has 7 nitrogen and oxygen atoms in total. The summed E-state index contributed by atoms with van der Waals surface area (Å²) in [4.78, 5) is 19.0. The summed E-state index contributed by atoms with van der Waals surface area (Å²) in [6.07, 6.45) is 7.60. The first-order chi connectivity index (χ1) is 14.6. The topological polar surface area (TPSA) is 68.1 Å². The van der Waals surface area contributed by atoms with E-state index in [9.17, 15) is 4.79 Å². The smallest absolute Gasteiger partial charge is 0.414 e. The van der Waals surface area contributed by atoms with Gasteiger partial charge in [-0.1, -0.05) is 20.8 Å². The molecule has 4 heterocycles. The van der Waals surface area contributed by atoms with Crippen LogP contribution in [0.15, 0.2) is 18.5 Å². The third-order valence-electron chi connectivity index (χ3n) is 7.39. The predicted molar refractivity (Wildman–Crippen MR) is 123 cm³/mol. The average molecular weight is 443 g/mol. The molecule has 2 saturated heterocycles. The van der Waals surface area contributed by atoms with Crippen molar-refractivity contribution in [3.8, 4) is 0 Å². The number of aromatic nitrogens is 2. The second kappa shape index (κ2) is 7.32. The number of carbonyl (C=O) groups is 1. The zero-order valence-electron chi connectivity index (χ0n) is 19.3. The van der Waals surface area contributed by atoms with Gasteiger partial charge < -0.3 is 18.9 Å². The van der Waals surface area contributed by atoms with Crippen molar-refractivity contribution in [1.82, 2.24) is 14.7 Å². The maximum absolute atomic E-state index is 12.3. The normalized spacial score (nSPS) is 24.9. The number of fused-ring (bicyclic) bond motifs is 1. The monoisotopic (exact) mass is 442 g/mol. The van der Waals surface area contributed by atoms with Gasteiger partial charge in [-0.2, -0.15) is 0 Å². The number of carbonyl (C=O) groups excluding carboxylic acids is 1. The number of amides is 1. The van der Waals surface area contributed by atoms with Crippen molar-refractivity contribution < 1.29 is 14.0 Å². The minimum Gasteiger partial charge on any atom is -0.447 e. The molecule has 1 unspecified atom stereocenters. The van der Waals surface area contributed by atoms with Crippen LogP contribution < -0.4 is 10.2 Å². The zero-order chi connectivity index (χ0) is 22.0. The number of imidazole rings is 1. The van der Waals surface area contributed by atoms with Crippen molar-refractivity contribution in [3.63, 3.8) is 0 Å². The fourth-order valence-corrected chi connectivity index (χ4v) is 5.72. The molecule has 0 aromatic carbocycles. The van der Waals surface area contributed by atoms with Gasteiger partial charge in [0.15, 0.2) is 14.0 Å². The van der Waals surface area contributed by atoms with Gasteiger partial charge in [0.2, 0.25) is 0 Å². The second-order valence-corrected chi connectivity index (χ2v) is 15.5. The molecule has 2 aliphatic heterocycles. The lowest BCUT2D eigenvalue weighted by atomic mass is 10.1. The van der Waals surface area contributed by atoms with Crippen LogP contribution in [0.3, 0.4) is 0 Å². The number of anilines is 1. The van der Waals surface area contributed by atoms with Gasteiger partial charge in [-0.3, -0.25) is 4.90 Å². The van der Waals surface area contributed by atoms with E-state index in [1.807, 2.05) is 0 Å². The Morgan fingerprint density at radius 3 is 2.68 bits per heavy atom. The molecule has 168 valence electrons. The fraction of sp³-hybridized carbons (Fsp3) is 0.652. The molecular weight excluding hydrogens is 408 g/mol. The van der Waals surface area contributed by atoms with Crippen LogP contribution in [0.2, 0.25) is 18.1 Å². The molecular formula is C23H34N4O3Si. The molecule has 0 spiro atoms. The summed E-state index contributed by atoms with van der Waals surface area (Å²) in [5.41, 5.74) is 3.99. The molecule has 0 radical (unpaired) electrons. The minimum atomic E-state index is -1.80. The molecule has 1 amide bonds. The van der Waals surface area contributed by atoms with Crippen LogP contribution in [0.4, 0.5) is 10.5 Å². The highest BCUT2D eigenvalue weighted by atomic mass is 28.4. The lowest BCUT2D eigenvalue weighted by Crippen LogP contribution is -2.44. The van der Waals surface area contributed by atoms with Gasteiger partial charge in [0.05, 0.1) is 30.1 Å². The molecule has 3 fully saturated rings. The number of rotatable bonds is 5. The third-order valence-corrected chi connectivity index (χ3v) is 11.9. The third kappa shape index (κ3) is 3.89. The maximum atomic E-state index is 12.3. The molecule has 5 rings (SSSR count). The lowest BCUT2D eigenvalue weighted by molar-refractivity contribution is 0.181. The standard InChI is InChI=1S/C23H34N4O3Si/c1-23(2,3)31(4,5)30-17-11-18(24-12-17)19-14-26-13-16(15-6-7-15)10-20(21(26)25-19)27-8-9-29-22(27)28/h10,13-15,17-18,24H,6-9,11-12H2,1-5H3/t17?,18-/m1/s1. The van der Waals surface area contributed by atoms with Crippen LogP contribution in [0.25, 0.3) is 5.65 Å². The number of hydrogen-bond acceptors (Lipinski definition) is 5. The molecule has 31 heavy (non-hydrogen) atoms. The molecule has 2 aromatic rings. The van der Waals surface area contributed by atoms with E-state index in [0.717, 1.165) is 30.0 Å². The van der Waals surface area contributed by atoms with Crippen molar-refractivity contribution in [1.29, 1.82) is 0 Å². The van der Waals surface area contributed by atoms with Crippen LogP contribution in [-0.4, -0.2) is 49.6 Å². The average Bonchev–Trinajstić information content (AvgIpc) is 3.07. The Morgan fingerprint density at radius 1 is 1.26 bits per heavy atom. The number of hydrogen-bond donors (Lipinski definition) is 1. The summed E-state index contributed by atoms with van der Waals surface area (Å²) in [7, 11) is -1.80. The molecule has 2 aromatic heterocycles. The fourth-order valence-electron chi connectivity index (χ4n) is 4.35. The summed E-state index contributed by atoms with van der Waals surface area (Å²) >= 11 is 0. The van der Waals surface area contributed by atoms with Gasteiger partial charge in [-0.15, -0.1) is 0 Å². The van der Waals surface area contributed by atoms with Crippen molar-refractivity contribution >= 4 is 25.7 Å². The SMILES string of the molecule is CC(C)(C)[Si](C)(C)OC1CN[C@@H](c2cn3cc(C4CC4)cc(N4CCOC4=O)c3n2)C1.